The number of aromatic nitrogens is 3. The van der Waals surface area contributed by atoms with E-state index < -0.39 is 0 Å². The van der Waals surface area contributed by atoms with Gasteiger partial charge >= 0.3 is 0 Å². The molecule has 0 radical (unpaired) electrons. The molecule has 7 heteroatoms. The monoisotopic (exact) mass is 307 g/mol. The van der Waals surface area contributed by atoms with Crippen LogP contribution >= 0.6 is 11.6 Å². The third-order valence-corrected chi connectivity index (χ3v) is 3.12. The zero-order valence-corrected chi connectivity index (χ0v) is 12.6. The number of halogens is 1. The van der Waals surface area contributed by atoms with Crippen molar-refractivity contribution in [3.63, 3.8) is 0 Å². The molecule has 1 amide bonds. The molecule has 112 valence electrons. The van der Waals surface area contributed by atoms with Crippen LogP contribution in [0, 0.1) is 0 Å². The molecule has 0 fully saturated rings. The number of nitrogens with zero attached hydrogens (tertiary/aromatic N) is 4. The predicted octanol–water partition coefficient (Wildman–Crippen LogP) is 1.89. The molecule has 0 unspecified atom stereocenters. The minimum Gasteiger partial charge on any atom is -0.310 e. The van der Waals surface area contributed by atoms with Crippen molar-refractivity contribution in [3.05, 3.63) is 41.8 Å². The first kappa shape index (κ1) is 15.5. The highest BCUT2D eigenvalue weighted by atomic mass is 35.5. The van der Waals surface area contributed by atoms with E-state index in [2.05, 4.69) is 15.4 Å². The van der Waals surface area contributed by atoms with E-state index in [1.807, 2.05) is 28.9 Å². The molecule has 2 heterocycles. The fourth-order valence-corrected chi connectivity index (χ4v) is 2.00. The second-order valence-corrected chi connectivity index (χ2v) is 5.21. The molecule has 6 nitrogen and oxygen atoms in total. The van der Waals surface area contributed by atoms with Crippen molar-refractivity contribution < 1.29 is 4.79 Å². The molecule has 2 rings (SSSR count). The number of aryl methyl sites for hydroxylation is 1. The molecule has 0 saturated carbocycles. The lowest BCUT2D eigenvalue weighted by molar-refractivity contribution is -0.117. The van der Waals surface area contributed by atoms with Crippen molar-refractivity contribution in [1.29, 1.82) is 0 Å². The molecule has 0 aromatic carbocycles. The average Bonchev–Trinajstić information content (AvgIpc) is 2.94. The van der Waals surface area contributed by atoms with Crippen LogP contribution in [0.2, 0.25) is 5.02 Å². The number of anilines is 1. The first-order valence-corrected chi connectivity index (χ1v) is 7.08. The van der Waals surface area contributed by atoms with Gasteiger partial charge in [-0.15, -0.1) is 0 Å². The summed E-state index contributed by atoms with van der Waals surface area (Å²) in [6, 6.07) is 5.27. The van der Waals surface area contributed by atoms with E-state index in [1.54, 1.807) is 18.3 Å². The summed E-state index contributed by atoms with van der Waals surface area (Å²) in [6.07, 6.45) is 6.13. The Morgan fingerprint density at radius 2 is 2.33 bits per heavy atom. The van der Waals surface area contributed by atoms with E-state index in [4.69, 9.17) is 11.6 Å². The Morgan fingerprint density at radius 1 is 1.48 bits per heavy atom. The summed E-state index contributed by atoms with van der Waals surface area (Å²) in [5.41, 5.74) is 0. The molecule has 0 spiro atoms. The highest BCUT2D eigenvalue weighted by Crippen LogP contribution is 2.09. The Bertz CT molecular complexity index is 555. The van der Waals surface area contributed by atoms with Gasteiger partial charge in [0, 0.05) is 31.7 Å². The van der Waals surface area contributed by atoms with Crippen LogP contribution in [-0.2, 0) is 11.3 Å². The van der Waals surface area contributed by atoms with Crippen LogP contribution in [0.3, 0.4) is 0 Å². The SMILES string of the molecule is CN(CCCn1cccn1)CC(=O)Nc1ccc(Cl)cn1. The molecule has 0 aliphatic carbocycles. The lowest BCUT2D eigenvalue weighted by atomic mass is 10.3. The van der Waals surface area contributed by atoms with Gasteiger partial charge in [0.2, 0.25) is 5.91 Å². The maximum Gasteiger partial charge on any atom is 0.239 e. The highest BCUT2D eigenvalue weighted by Gasteiger charge is 2.07. The van der Waals surface area contributed by atoms with Crippen molar-refractivity contribution in [2.75, 3.05) is 25.5 Å². The van der Waals surface area contributed by atoms with Crippen molar-refractivity contribution in [3.8, 4) is 0 Å². The van der Waals surface area contributed by atoms with E-state index in [-0.39, 0.29) is 5.91 Å². The zero-order valence-electron chi connectivity index (χ0n) is 11.9. The van der Waals surface area contributed by atoms with Crippen LogP contribution in [0.25, 0.3) is 0 Å². The quantitative estimate of drug-likeness (QED) is 0.848. The molecule has 1 N–H and O–H groups in total. The Morgan fingerprint density at radius 3 is 3.00 bits per heavy atom. The van der Waals surface area contributed by atoms with Crippen LogP contribution in [-0.4, -0.2) is 45.7 Å². The minimum atomic E-state index is -0.0913. The van der Waals surface area contributed by atoms with E-state index in [9.17, 15) is 4.79 Å². The summed E-state index contributed by atoms with van der Waals surface area (Å²) in [7, 11) is 1.91. The summed E-state index contributed by atoms with van der Waals surface area (Å²) in [5, 5.41) is 7.42. The molecule has 2 aromatic rings. The second-order valence-electron chi connectivity index (χ2n) is 4.77. The second kappa shape index (κ2) is 7.75. The van der Waals surface area contributed by atoms with Crippen molar-refractivity contribution >= 4 is 23.3 Å². The van der Waals surface area contributed by atoms with Crippen molar-refractivity contribution in [1.82, 2.24) is 19.7 Å². The minimum absolute atomic E-state index is 0.0913. The largest absolute Gasteiger partial charge is 0.310 e. The lowest BCUT2D eigenvalue weighted by Crippen LogP contribution is -2.31. The average molecular weight is 308 g/mol. The number of rotatable bonds is 7. The molecule has 21 heavy (non-hydrogen) atoms. The topological polar surface area (TPSA) is 63.1 Å². The first-order chi connectivity index (χ1) is 10.1. The van der Waals surface area contributed by atoms with Crippen LogP contribution in [0.5, 0.6) is 0 Å². The Balaban J connectivity index is 1.68. The lowest BCUT2D eigenvalue weighted by Gasteiger charge is -2.15. The van der Waals surface area contributed by atoms with E-state index in [0.717, 1.165) is 19.5 Å². The van der Waals surface area contributed by atoms with Crippen LogP contribution < -0.4 is 5.32 Å². The smallest absolute Gasteiger partial charge is 0.239 e. The van der Waals surface area contributed by atoms with Gasteiger partial charge in [0.1, 0.15) is 5.82 Å². The van der Waals surface area contributed by atoms with Gasteiger partial charge in [-0.2, -0.15) is 5.10 Å². The number of amides is 1. The summed E-state index contributed by atoms with van der Waals surface area (Å²) < 4.78 is 1.88. The van der Waals surface area contributed by atoms with Gasteiger partial charge in [-0.25, -0.2) is 4.98 Å². The maximum atomic E-state index is 11.9. The van der Waals surface area contributed by atoms with Crippen molar-refractivity contribution in [2.45, 2.75) is 13.0 Å². The van der Waals surface area contributed by atoms with Gasteiger partial charge < -0.3 is 5.32 Å². The van der Waals surface area contributed by atoms with E-state index in [1.165, 1.54) is 6.20 Å². The third kappa shape index (κ3) is 5.53. The molecule has 2 aromatic heterocycles. The maximum absolute atomic E-state index is 11.9. The summed E-state index contributed by atoms with van der Waals surface area (Å²) in [6.45, 7) is 1.99. The fourth-order valence-electron chi connectivity index (χ4n) is 1.89. The normalized spacial score (nSPS) is 10.8. The number of hydrogen-bond donors (Lipinski definition) is 1. The van der Waals surface area contributed by atoms with Crippen molar-refractivity contribution in [2.24, 2.45) is 0 Å². The molecule has 0 atom stereocenters. The number of carbonyl (C=O) groups excluding carboxylic acids is 1. The third-order valence-electron chi connectivity index (χ3n) is 2.89. The molecular formula is C14H18ClN5O. The van der Waals surface area contributed by atoms with Crippen LogP contribution in [0.4, 0.5) is 5.82 Å². The first-order valence-electron chi connectivity index (χ1n) is 6.71. The van der Waals surface area contributed by atoms with E-state index >= 15 is 0 Å². The number of likely N-dealkylation sites (N-methyl/N-ethyl adjacent to an activating group) is 1. The van der Waals surface area contributed by atoms with E-state index in [0.29, 0.717) is 17.4 Å². The summed E-state index contributed by atoms with van der Waals surface area (Å²) in [5.74, 6) is 0.417. The van der Waals surface area contributed by atoms with Gasteiger partial charge in [-0.3, -0.25) is 14.4 Å². The fraction of sp³-hybridized carbons (Fsp3) is 0.357. The van der Waals surface area contributed by atoms with Gasteiger partial charge in [0.15, 0.2) is 0 Å². The molecule has 0 saturated heterocycles. The Hall–Kier alpha value is -1.92. The van der Waals surface area contributed by atoms with Gasteiger partial charge in [0.05, 0.1) is 11.6 Å². The summed E-state index contributed by atoms with van der Waals surface area (Å²) in [4.78, 5) is 17.9. The molecule has 0 aliphatic rings. The molecule has 0 bridgehead atoms. The van der Waals surface area contributed by atoms with Gasteiger partial charge in [-0.1, -0.05) is 11.6 Å². The van der Waals surface area contributed by atoms with Gasteiger partial charge in [-0.05, 0) is 31.7 Å². The number of pyridine rings is 1. The number of hydrogen-bond acceptors (Lipinski definition) is 4. The van der Waals surface area contributed by atoms with Gasteiger partial charge in [0.25, 0.3) is 0 Å². The highest BCUT2D eigenvalue weighted by molar-refractivity contribution is 6.30. The van der Waals surface area contributed by atoms with Crippen LogP contribution in [0.15, 0.2) is 36.8 Å². The standard InChI is InChI=1S/C14H18ClN5O/c1-19(7-3-9-20-8-2-6-17-20)11-14(21)18-13-5-4-12(15)10-16-13/h2,4-6,8,10H,3,7,9,11H2,1H3,(H,16,18,21). The molecule has 0 aliphatic heterocycles. The Kier molecular flexibility index (Phi) is 5.71. The molecular weight excluding hydrogens is 290 g/mol. The Labute approximate surface area is 128 Å². The zero-order chi connectivity index (χ0) is 15.1. The predicted molar refractivity (Wildman–Crippen MR) is 82.2 cm³/mol. The number of nitrogens with one attached hydrogen (secondary N) is 1. The van der Waals surface area contributed by atoms with Crippen LogP contribution in [0.1, 0.15) is 6.42 Å². The number of carbonyl (C=O) groups is 1. The summed E-state index contributed by atoms with van der Waals surface area (Å²) >= 11 is 5.74.